The molecule has 1 aliphatic heterocycles. The van der Waals surface area contributed by atoms with Gasteiger partial charge in [-0.3, -0.25) is 9.59 Å². The van der Waals surface area contributed by atoms with Crippen molar-refractivity contribution >= 4 is 11.8 Å². The summed E-state index contributed by atoms with van der Waals surface area (Å²) < 4.78 is 5.27. The molecule has 18 heavy (non-hydrogen) atoms. The highest BCUT2D eigenvalue weighted by Gasteiger charge is 2.25. The second-order valence-electron chi connectivity index (χ2n) is 4.11. The number of benzene rings is 1. The average Bonchev–Trinajstić information content (AvgIpc) is 2.83. The molecule has 2 amide bonds. The first-order valence-electron chi connectivity index (χ1n) is 5.93. The van der Waals surface area contributed by atoms with Crippen molar-refractivity contribution in [1.29, 1.82) is 0 Å². The number of carbonyl (C=O) groups excluding carboxylic acids is 2. The topological polar surface area (TPSA) is 58.6 Å². The first kappa shape index (κ1) is 12.6. The van der Waals surface area contributed by atoms with Crippen molar-refractivity contribution in [2.45, 2.75) is 13.2 Å². The monoisotopic (exact) mass is 248 g/mol. The zero-order valence-electron chi connectivity index (χ0n) is 10.3. The molecule has 1 atom stereocenters. The summed E-state index contributed by atoms with van der Waals surface area (Å²) in [5, 5.41) is 2.61. The molecule has 0 spiro atoms. The number of rotatable bonds is 3. The van der Waals surface area contributed by atoms with Crippen LogP contribution in [0.15, 0.2) is 30.3 Å². The Morgan fingerprint density at radius 3 is 2.72 bits per heavy atom. The third kappa shape index (κ3) is 2.87. The molecular weight excluding hydrogens is 232 g/mol. The Kier molecular flexibility index (Phi) is 3.94. The lowest BCUT2D eigenvalue weighted by Crippen LogP contribution is -2.42. The van der Waals surface area contributed by atoms with E-state index >= 15 is 0 Å². The first-order chi connectivity index (χ1) is 8.68. The summed E-state index contributed by atoms with van der Waals surface area (Å²) in [5.74, 6) is -0.360. The summed E-state index contributed by atoms with van der Waals surface area (Å²) in [5.41, 5.74) is 0.552. The maximum absolute atomic E-state index is 11.8. The molecule has 0 bridgehead atoms. The highest BCUT2D eigenvalue weighted by Crippen LogP contribution is 2.08. The number of hydrogen-bond acceptors (Lipinski definition) is 3. The second kappa shape index (κ2) is 5.64. The fraction of sp³-hybridized carbons (Fsp3) is 0.385. The highest BCUT2D eigenvalue weighted by molar-refractivity contribution is 5.96. The third-order valence-electron chi connectivity index (χ3n) is 2.89. The van der Waals surface area contributed by atoms with Gasteiger partial charge in [-0.15, -0.1) is 0 Å². The SMILES string of the molecule is CC1OCCN1C(=O)CNC(=O)c1ccccc1. The summed E-state index contributed by atoms with van der Waals surface area (Å²) in [6.07, 6.45) is -0.203. The summed E-state index contributed by atoms with van der Waals surface area (Å²) in [6, 6.07) is 8.83. The Morgan fingerprint density at radius 2 is 2.11 bits per heavy atom. The van der Waals surface area contributed by atoms with Crippen LogP contribution >= 0.6 is 0 Å². The van der Waals surface area contributed by atoms with Crippen molar-refractivity contribution in [1.82, 2.24) is 10.2 Å². The molecule has 0 aliphatic carbocycles. The van der Waals surface area contributed by atoms with Crippen molar-refractivity contribution in [3.05, 3.63) is 35.9 Å². The molecular formula is C13H16N2O3. The van der Waals surface area contributed by atoms with Crippen molar-refractivity contribution in [3.8, 4) is 0 Å². The van der Waals surface area contributed by atoms with E-state index in [1.165, 1.54) is 0 Å². The molecule has 5 heteroatoms. The summed E-state index contributed by atoms with van der Waals surface area (Å²) in [4.78, 5) is 25.2. The van der Waals surface area contributed by atoms with Crippen LogP contribution < -0.4 is 5.32 Å². The molecule has 1 N–H and O–H groups in total. The number of nitrogens with one attached hydrogen (secondary N) is 1. The third-order valence-corrected chi connectivity index (χ3v) is 2.89. The molecule has 1 heterocycles. The van der Waals surface area contributed by atoms with E-state index < -0.39 is 0 Å². The molecule has 1 aromatic rings. The van der Waals surface area contributed by atoms with Gasteiger partial charge in [-0.05, 0) is 19.1 Å². The maximum atomic E-state index is 11.8. The van der Waals surface area contributed by atoms with E-state index in [0.717, 1.165) is 0 Å². The van der Waals surface area contributed by atoms with Crippen LogP contribution in [-0.2, 0) is 9.53 Å². The predicted molar refractivity (Wildman–Crippen MR) is 65.9 cm³/mol. The molecule has 0 aromatic heterocycles. The van der Waals surface area contributed by atoms with Gasteiger partial charge in [0, 0.05) is 12.1 Å². The standard InChI is InChI=1S/C13H16N2O3/c1-10-15(7-8-18-10)12(16)9-14-13(17)11-5-3-2-4-6-11/h2-6,10H,7-9H2,1H3,(H,14,17). The van der Waals surface area contributed by atoms with Gasteiger partial charge in [0.05, 0.1) is 13.2 Å². The molecule has 0 saturated carbocycles. The van der Waals surface area contributed by atoms with Gasteiger partial charge in [0.15, 0.2) is 0 Å². The number of ether oxygens (including phenoxy) is 1. The molecule has 1 saturated heterocycles. The smallest absolute Gasteiger partial charge is 0.251 e. The van der Waals surface area contributed by atoms with Gasteiger partial charge < -0.3 is 15.0 Å². The van der Waals surface area contributed by atoms with Gasteiger partial charge in [-0.2, -0.15) is 0 Å². The van der Waals surface area contributed by atoms with Crippen molar-refractivity contribution in [2.24, 2.45) is 0 Å². The summed E-state index contributed by atoms with van der Waals surface area (Å²) in [7, 11) is 0. The number of nitrogens with zero attached hydrogens (tertiary/aromatic N) is 1. The van der Waals surface area contributed by atoms with Crippen LogP contribution in [0.1, 0.15) is 17.3 Å². The molecule has 1 aromatic carbocycles. The molecule has 1 unspecified atom stereocenters. The van der Waals surface area contributed by atoms with Crippen LogP contribution in [-0.4, -0.2) is 42.6 Å². The van der Waals surface area contributed by atoms with E-state index in [2.05, 4.69) is 5.32 Å². The molecule has 0 radical (unpaired) electrons. The van der Waals surface area contributed by atoms with Gasteiger partial charge in [-0.1, -0.05) is 18.2 Å². The number of amides is 2. The van der Waals surface area contributed by atoms with Crippen LogP contribution in [0.2, 0.25) is 0 Å². The van der Waals surface area contributed by atoms with Crippen LogP contribution in [0.5, 0.6) is 0 Å². The maximum Gasteiger partial charge on any atom is 0.251 e. The molecule has 1 fully saturated rings. The lowest BCUT2D eigenvalue weighted by atomic mass is 10.2. The minimum Gasteiger partial charge on any atom is -0.357 e. The Morgan fingerprint density at radius 1 is 1.39 bits per heavy atom. The van der Waals surface area contributed by atoms with Crippen molar-refractivity contribution in [2.75, 3.05) is 19.7 Å². The Hall–Kier alpha value is -1.88. The van der Waals surface area contributed by atoms with E-state index in [0.29, 0.717) is 18.7 Å². The first-order valence-corrected chi connectivity index (χ1v) is 5.93. The quantitative estimate of drug-likeness (QED) is 0.853. The predicted octanol–water partition coefficient (Wildman–Crippen LogP) is 0.621. The lowest BCUT2D eigenvalue weighted by Gasteiger charge is -2.19. The average molecular weight is 248 g/mol. The number of carbonyl (C=O) groups is 2. The Labute approximate surface area is 106 Å². The molecule has 5 nitrogen and oxygen atoms in total. The van der Waals surface area contributed by atoms with Gasteiger partial charge in [0.2, 0.25) is 5.91 Å². The van der Waals surface area contributed by atoms with E-state index in [4.69, 9.17) is 4.74 Å². The molecule has 96 valence electrons. The van der Waals surface area contributed by atoms with E-state index in [-0.39, 0.29) is 24.6 Å². The molecule has 2 rings (SSSR count). The van der Waals surface area contributed by atoms with Crippen LogP contribution in [0.3, 0.4) is 0 Å². The zero-order valence-corrected chi connectivity index (χ0v) is 10.3. The Balaban J connectivity index is 1.85. The molecule has 1 aliphatic rings. The van der Waals surface area contributed by atoms with Crippen molar-refractivity contribution < 1.29 is 14.3 Å². The van der Waals surface area contributed by atoms with E-state index in [9.17, 15) is 9.59 Å². The van der Waals surface area contributed by atoms with Crippen LogP contribution in [0.4, 0.5) is 0 Å². The highest BCUT2D eigenvalue weighted by atomic mass is 16.5. The minimum absolute atomic E-state index is 0.00142. The van der Waals surface area contributed by atoms with E-state index in [1.807, 2.05) is 13.0 Å². The Bertz CT molecular complexity index is 433. The number of hydrogen-bond donors (Lipinski definition) is 1. The minimum atomic E-state index is -0.239. The fourth-order valence-corrected chi connectivity index (χ4v) is 1.87. The zero-order chi connectivity index (χ0) is 13.0. The van der Waals surface area contributed by atoms with Gasteiger partial charge in [-0.25, -0.2) is 0 Å². The normalized spacial score (nSPS) is 18.7. The van der Waals surface area contributed by atoms with Crippen LogP contribution in [0.25, 0.3) is 0 Å². The van der Waals surface area contributed by atoms with Crippen molar-refractivity contribution in [3.63, 3.8) is 0 Å². The largest absolute Gasteiger partial charge is 0.357 e. The van der Waals surface area contributed by atoms with Gasteiger partial charge in [0.1, 0.15) is 6.23 Å². The second-order valence-corrected chi connectivity index (χ2v) is 4.11. The van der Waals surface area contributed by atoms with Gasteiger partial charge in [0.25, 0.3) is 5.91 Å². The van der Waals surface area contributed by atoms with E-state index in [1.54, 1.807) is 29.2 Å². The summed E-state index contributed by atoms with van der Waals surface area (Å²) in [6.45, 7) is 2.96. The lowest BCUT2D eigenvalue weighted by molar-refractivity contribution is -0.134. The van der Waals surface area contributed by atoms with Crippen LogP contribution in [0, 0.1) is 0 Å². The van der Waals surface area contributed by atoms with Gasteiger partial charge >= 0.3 is 0 Å². The summed E-state index contributed by atoms with van der Waals surface area (Å²) >= 11 is 0. The fourth-order valence-electron chi connectivity index (χ4n) is 1.87.